The van der Waals surface area contributed by atoms with Gasteiger partial charge in [-0.15, -0.1) is 0 Å². The Balaban J connectivity index is 2.54. The van der Waals surface area contributed by atoms with Gasteiger partial charge in [-0.3, -0.25) is 24.0 Å². The summed E-state index contributed by atoms with van der Waals surface area (Å²) in [6.45, 7) is 6.54. The average Bonchev–Trinajstić information content (AvgIpc) is 2.86. The summed E-state index contributed by atoms with van der Waals surface area (Å²) in [7, 11) is -2.51. The van der Waals surface area contributed by atoms with Gasteiger partial charge in [-0.2, -0.15) is 0 Å². The maximum absolute atomic E-state index is 13.8. The van der Waals surface area contributed by atoms with Crippen molar-refractivity contribution in [2.75, 3.05) is 24.2 Å². The third-order valence-corrected chi connectivity index (χ3v) is 7.35. The van der Waals surface area contributed by atoms with Gasteiger partial charge in [0.2, 0.25) is 21.8 Å². The molecule has 0 aromatic heterocycles. The predicted molar refractivity (Wildman–Crippen MR) is 146 cm³/mol. The predicted octanol–water partition coefficient (Wildman–Crippen LogP) is 3.40. The number of nitrogens with zero attached hydrogens (tertiary/aromatic N) is 3. The minimum absolute atomic E-state index is 0.0217. The summed E-state index contributed by atoms with van der Waals surface area (Å²) in [6, 6.07) is 9.84. The van der Waals surface area contributed by atoms with Crippen molar-refractivity contribution < 1.29 is 27.7 Å². The van der Waals surface area contributed by atoms with Crippen LogP contribution in [0.2, 0.25) is 0 Å². The van der Waals surface area contributed by atoms with E-state index in [-0.39, 0.29) is 36.3 Å². The second-order valence-electron chi connectivity index (χ2n) is 9.11. The van der Waals surface area contributed by atoms with Gasteiger partial charge in [0.1, 0.15) is 18.3 Å². The van der Waals surface area contributed by atoms with Crippen LogP contribution in [0.15, 0.2) is 42.5 Å². The zero-order valence-electron chi connectivity index (χ0n) is 22.6. The molecule has 0 saturated heterocycles. The number of rotatable bonds is 13. The van der Waals surface area contributed by atoms with Gasteiger partial charge in [-0.1, -0.05) is 32.0 Å². The number of hydrogen-bond acceptors (Lipinski definition) is 7. The standard InChI is InChI=1S/C26H36N4O7S/c1-7-19(4)27-26(32)23(8-2)28(16-20-10-9-11-22(14-20)37-5)25(31)17-29(38(6,35)36)24-15-21(30(33)34)13-12-18(24)3/h9-15,19,23H,7-8,16-17H2,1-6H3,(H,27,32)/t19-,23+/m1/s1. The van der Waals surface area contributed by atoms with Gasteiger partial charge in [0.15, 0.2) is 0 Å². The Bertz CT molecular complexity index is 1270. The minimum atomic E-state index is -4.03. The Morgan fingerprint density at radius 3 is 2.37 bits per heavy atom. The van der Waals surface area contributed by atoms with Gasteiger partial charge < -0.3 is 15.0 Å². The molecule has 0 heterocycles. The molecule has 0 bridgehead atoms. The van der Waals surface area contributed by atoms with Crippen molar-refractivity contribution in [3.63, 3.8) is 0 Å². The average molecular weight is 549 g/mol. The first-order valence-electron chi connectivity index (χ1n) is 12.3. The number of sulfonamides is 1. The highest BCUT2D eigenvalue weighted by molar-refractivity contribution is 7.92. The van der Waals surface area contributed by atoms with E-state index in [1.807, 2.05) is 13.8 Å². The molecule has 2 rings (SSSR count). The molecule has 208 valence electrons. The van der Waals surface area contributed by atoms with E-state index in [1.165, 1.54) is 24.1 Å². The summed E-state index contributed by atoms with van der Waals surface area (Å²) in [4.78, 5) is 39.0. The lowest BCUT2D eigenvalue weighted by Gasteiger charge is -2.33. The van der Waals surface area contributed by atoms with Crippen LogP contribution >= 0.6 is 0 Å². The van der Waals surface area contributed by atoms with Crippen LogP contribution in [-0.4, -0.2) is 62.0 Å². The Morgan fingerprint density at radius 1 is 1.13 bits per heavy atom. The minimum Gasteiger partial charge on any atom is -0.497 e. The van der Waals surface area contributed by atoms with Crippen molar-refractivity contribution in [2.45, 2.75) is 59.2 Å². The number of carbonyl (C=O) groups excluding carboxylic acids is 2. The molecule has 1 N–H and O–H groups in total. The number of aryl methyl sites for hydroxylation is 1. The number of nitro benzene ring substituents is 1. The second-order valence-corrected chi connectivity index (χ2v) is 11.0. The van der Waals surface area contributed by atoms with E-state index in [0.717, 1.165) is 16.6 Å². The van der Waals surface area contributed by atoms with Gasteiger partial charge in [0, 0.05) is 24.7 Å². The number of amides is 2. The van der Waals surface area contributed by atoms with Crippen molar-refractivity contribution in [2.24, 2.45) is 0 Å². The summed E-state index contributed by atoms with van der Waals surface area (Å²) in [5.74, 6) is -0.414. The Hall–Kier alpha value is -3.67. The van der Waals surface area contributed by atoms with Gasteiger partial charge in [-0.25, -0.2) is 8.42 Å². The number of carbonyl (C=O) groups is 2. The highest BCUT2D eigenvalue weighted by atomic mass is 32.2. The van der Waals surface area contributed by atoms with E-state index in [4.69, 9.17) is 4.74 Å². The number of nitrogens with one attached hydrogen (secondary N) is 1. The van der Waals surface area contributed by atoms with Gasteiger partial charge in [-0.05, 0) is 49.9 Å². The third-order valence-electron chi connectivity index (χ3n) is 6.23. The first-order chi connectivity index (χ1) is 17.8. The first kappa shape index (κ1) is 30.6. The van der Waals surface area contributed by atoms with Crippen molar-refractivity contribution in [3.05, 3.63) is 63.7 Å². The summed E-state index contributed by atoms with van der Waals surface area (Å²) < 4.78 is 31.8. The van der Waals surface area contributed by atoms with E-state index in [9.17, 15) is 28.1 Å². The molecule has 0 unspecified atom stereocenters. The number of benzene rings is 2. The number of nitro groups is 1. The smallest absolute Gasteiger partial charge is 0.271 e. The van der Waals surface area contributed by atoms with Crippen molar-refractivity contribution in [1.29, 1.82) is 0 Å². The zero-order chi connectivity index (χ0) is 28.6. The molecular weight excluding hydrogens is 512 g/mol. The zero-order valence-corrected chi connectivity index (χ0v) is 23.4. The topological polar surface area (TPSA) is 139 Å². The lowest BCUT2D eigenvalue weighted by molar-refractivity contribution is -0.384. The Morgan fingerprint density at radius 2 is 1.82 bits per heavy atom. The molecule has 2 atom stereocenters. The van der Waals surface area contributed by atoms with E-state index in [2.05, 4.69) is 5.32 Å². The quantitative estimate of drug-likeness (QED) is 0.299. The van der Waals surface area contributed by atoms with Gasteiger partial charge in [0.05, 0.1) is 24.0 Å². The van der Waals surface area contributed by atoms with Crippen molar-refractivity contribution in [3.8, 4) is 5.75 Å². The van der Waals surface area contributed by atoms with E-state index >= 15 is 0 Å². The number of non-ortho nitro benzene ring substituents is 1. The van der Waals surface area contributed by atoms with E-state index < -0.39 is 33.4 Å². The highest BCUT2D eigenvalue weighted by Crippen LogP contribution is 2.28. The van der Waals surface area contributed by atoms with E-state index in [0.29, 0.717) is 23.3 Å². The van der Waals surface area contributed by atoms with Crippen LogP contribution in [0.3, 0.4) is 0 Å². The van der Waals surface area contributed by atoms with Crippen LogP contribution in [0, 0.1) is 17.0 Å². The molecule has 0 fully saturated rings. The van der Waals surface area contributed by atoms with Crippen LogP contribution in [0.4, 0.5) is 11.4 Å². The largest absolute Gasteiger partial charge is 0.497 e. The molecular formula is C26H36N4O7S. The molecule has 2 amide bonds. The lowest BCUT2D eigenvalue weighted by atomic mass is 10.1. The monoisotopic (exact) mass is 548 g/mol. The maximum atomic E-state index is 13.8. The molecule has 2 aromatic rings. The van der Waals surface area contributed by atoms with Crippen molar-refractivity contribution in [1.82, 2.24) is 10.2 Å². The highest BCUT2D eigenvalue weighted by Gasteiger charge is 2.33. The van der Waals surface area contributed by atoms with E-state index in [1.54, 1.807) is 38.1 Å². The maximum Gasteiger partial charge on any atom is 0.271 e. The molecule has 0 radical (unpaired) electrons. The Kier molecular flexibility index (Phi) is 10.6. The molecule has 0 aliphatic heterocycles. The molecule has 0 saturated carbocycles. The molecule has 12 heteroatoms. The number of methoxy groups -OCH3 is 1. The lowest BCUT2D eigenvalue weighted by Crippen LogP contribution is -2.53. The van der Waals surface area contributed by atoms with Crippen LogP contribution in [0.5, 0.6) is 5.75 Å². The molecule has 11 nitrogen and oxygen atoms in total. The molecule has 0 spiro atoms. The van der Waals surface area contributed by atoms with Crippen LogP contribution < -0.4 is 14.4 Å². The first-order valence-corrected chi connectivity index (χ1v) is 14.1. The fourth-order valence-electron chi connectivity index (χ4n) is 3.90. The summed E-state index contributed by atoms with van der Waals surface area (Å²) in [5, 5.41) is 14.3. The SMILES string of the molecule is CC[C@@H](C)NC(=O)[C@H](CC)N(Cc1cccc(OC)c1)C(=O)CN(c1cc([N+](=O)[O-])ccc1C)S(C)(=O)=O. The molecule has 2 aromatic carbocycles. The molecule has 0 aliphatic rings. The fourth-order valence-corrected chi connectivity index (χ4v) is 4.80. The van der Waals surface area contributed by atoms with Crippen LogP contribution in [0.25, 0.3) is 0 Å². The fraction of sp³-hybridized carbons (Fsp3) is 0.462. The summed E-state index contributed by atoms with van der Waals surface area (Å²) in [6.07, 6.45) is 1.91. The number of ether oxygens (including phenoxy) is 1. The number of anilines is 1. The number of hydrogen-bond donors (Lipinski definition) is 1. The second kappa shape index (κ2) is 13.2. The van der Waals surface area contributed by atoms with Crippen molar-refractivity contribution >= 4 is 33.2 Å². The van der Waals surface area contributed by atoms with Crippen LogP contribution in [0.1, 0.15) is 44.7 Å². The summed E-state index contributed by atoms with van der Waals surface area (Å²) in [5.41, 5.74) is 0.840. The summed E-state index contributed by atoms with van der Waals surface area (Å²) >= 11 is 0. The third kappa shape index (κ3) is 7.91. The Labute approximate surface area is 224 Å². The molecule has 38 heavy (non-hydrogen) atoms. The van der Waals surface area contributed by atoms with Crippen LogP contribution in [-0.2, 0) is 26.2 Å². The van der Waals surface area contributed by atoms with Gasteiger partial charge in [0.25, 0.3) is 5.69 Å². The van der Waals surface area contributed by atoms with Gasteiger partial charge >= 0.3 is 0 Å². The molecule has 0 aliphatic carbocycles. The normalized spacial score (nSPS) is 12.8.